The molecule has 12 heteroatoms. The number of rotatable bonds is 40. The third-order valence-electron chi connectivity index (χ3n) is 9.16. The number of unbranched alkanes of at least 4 members (excludes halogenated alkanes) is 6. The van der Waals surface area contributed by atoms with Crippen LogP contribution in [0.4, 0.5) is 0 Å². The summed E-state index contributed by atoms with van der Waals surface area (Å²) in [7, 11) is 1.33. The molecule has 64 heavy (non-hydrogen) atoms. The highest BCUT2D eigenvalue weighted by Crippen LogP contribution is 2.43. The number of aliphatic hydroxyl groups is 2. The first kappa shape index (κ1) is 60.3. The fourth-order valence-electron chi connectivity index (χ4n) is 5.43. The maximum Gasteiger partial charge on any atom is 0.472 e. The molecular weight excluding hydrogens is 830 g/mol. The Morgan fingerprint density at radius 2 is 1.09 bits per heavy atom. The molecular formula is C52H85NO10P+. The van der Waals surface area contributed by atoms with Gasteiger partial charge in [-0.3, -0.25) is 18.6 Å². The molecule has 0 heterocycles. The minimum Gasteiger partial charge on any atom is -0.462 e. The Labute approximate surface area is 387 Å². The monoisotopic (exact) mass is 915 g/mol. The molecule has 0 saturated heterocycles. The van der Waals surface area contributed by atoms with Crippen LogP contribution < -0.4 is 0 Å². The van der Waals surface area contributed by atoms with Crippen molar-refractivity contribution in [2.24, 2.45) is 0 Å². The molecule has 0 amide bonds. The first-order valence-electron chi connectivity index (χ1n) is 23.5. The summed E-state index contributed by atoms with van der Waals surface area (Å²) < 4.78 is 34.2. The largest absolute Gasteiger partial charge is 0.472 e. The van der Waals surface area contributed by atoms with E-state index >= 15 is 0 Å². The van der Waals surface area contributed by atoms with E-state index in [0.717, 1.165) is 44.9 Å². The molecule has 0 bridgehead atoms. The zero-order valence-electron chi connectivity index (χ0n) is 39.9. The molecule has 0 rings (SSSR count). The van der Waals surface area contributed by atoms with Crippen LogP contribution in [0.3, 0.4) is 0 Å². The van der Waals surface area contributed by atoms with Gasteiger partial charge in [-0.25, -0.2) is 4.57 Å². The van der Waals surface area contributed by atoms with Gasteiger partial charge in [0.2, 0.25) is 0 Å². The molecule has 0 aliphatic heterocycles. The maximum atomic E-state index is 12.7. The standard InChI is InChI=1S/C52H84NO10P/c1-6-8-10-11-12-13-14-15-16-17-18-19-20-21-22-23-24-29-37-43-52(57)63-50(47-62-64(58,59)61-45-44-53(3,4)5)46-60-51(56)42-36-28-26-25-27-33-39-49(55)41-35-31-30-34-40-48(54)38-32-9-7-2/h9,12-13,15-16,18-19,21-22,26-28,30-35,40-41,48-50,54-55H,6-8,10-11,14,17,20,23-25,29,36-39,42-47H2,1-5H3/p+1/b13-12-,16-15-,19-18-,22-21-,28-26-,31-30-,32-9-,33-27-,40-34+,41-35+/t48-,49+,50-/m1/s1. The van der Waals surface area contributed by atoms with E-state index in [1.54, 1.807) is 36.5 Å². The van der Waals surface area contributed by atoms with E-state index in [4.69, 9.17) is 18.5 Å². The summed E-state index contributed by atoms with van der Waals surface area (Å²) in [6.07, 6.45) is 51.8. The maximum absolute atomic E-state index is 12.7. The van der Waals surface area contributed by atoms with Crippen molar-refractivity contribution in [2.45, 2.75) is 148 Å². The average Bonchev–Trinajstić information content (AvgIpc) is 3.24. The summed E-state index contributed by atoms with van der Waals surface area (Å²) in [6.45, 7) is 3.93. The van der Waals surface area contributed by atoms with E-state index in [1.165, 1.54) is 25.7 Å². The quantitative estimate of drug-likeness (QED) is 0.0135. The summed E-state index contributed by atoms with van der Waals surface area (Å²) in [5.74, 6) is -1.02. The number of carbonyl (C=O) groups excluding carboxylic acids is 2. The van der Waals surface area contributed by atoms with Crippen LogP contribution in [-0.2, 0) is 32.7 Å². The van der Waals surface area contributed by atoms with E-state index in [-0.39, 0.29) is 26.1 Å². The van der Waals surface area contributed by atoms with Crippen LogP contribution in [0, 0.1) is 0 Å². The smallest absolute Gasteiger partial charge is 0.462 e. The van der Waals surface area contributed by atoms with Crippen LogP contribution in [0.1, 0.15) is 129 Å². The van der Waals surface area contributed by atoms with Gasteiger partial charge >= 0.3 is 19.8 Å². The molecule has 0 aliphatic rings. The molecule has 3 N–H and O–H groups in total. The number of aliphatic hydroxyl groups excluding tert-OH is 2. The van der Waals surface area contributed by atoms with E-state index in [1.807, 2.05) is 64.5 Å². The number of nitrogens with zero attached hydrogens (tertiary/aromatic N) is 1. The Morgan fingerprint density at radius 3 is 1.64 bits per heavy atom. The van der Waals surface area contributed by atoms with E-state index in [2.05, 4.69) is 55.5 Å². The van der Waals surface area contributed by atoms with E-state index in [9.17, 15) is 29.3 Å². The van der Waals surface area contributed by atoms with Gasteiger partial charge in [-0.15, -0.1) is 0 Å². The topological polar surface area (TPSA) is 149 Å². The summed E-state index contributed by atoms with van der Waals surface area (Å²) >= 11 is 0. The molecule has 0 spiro atoms. The number of hydrogen-bond acceptors (Lipinski definition) is 9. The lowest BCUT2D eigenvalue weighted by Gasteiger charge is -2.24. The van der Waals surface area contributed by atoms with Crippen molar-refractivity contribution in [3.8, 4) is 0 Å². The first-order valence-corrected chi connectivity index (χ1v) is 25.0. The fourth-order valence-corrected chi connectivity index (χ4v) is 6.17. The van der Waals surface area contributed by atoms with Crippen molar-refractivity contribution in [1.82, 2.24) is 0 Å². The third-order valence-corrected chi connectivity index (χ3v) is 10.1. The predicted molar refractivity (Wildman–Crippen MR) is 263 cm³/mol. The van der Waals surface area contributed by atoms with Gasteiger partial charge in [0, 0.05) is 12.8 Å². The van der Waals surface area contributed by atoms with Crippen molar-refractivity contribution in [2.75, 3.05) is 47.5 Å². The lowest BCUT2D eigenvalue weighted by Crippen LogP contribution is -2.37. The van der Waals surface area contributed by atoms with Crippen molar-refractivity contribution in [1.29, 1.82) is 0 Å². The average molecular weight is 915 g/mol. The first-order chi connectivity index (χ1) is 30.8. The van der Waals surface area contributed by atoms with Crippen LogP contribution in [0.5, 0.6) is 0 Å². The summed E-state index contributed by atoms with van der Waals surface area (Å²) in [5, 5.41) is 20.0. The SMILES string of the molecule is CC/C=C\C[C@@H](O)/C=C/C=C\C=C\[C@@H](O)C/C=C\C/C=C\CCC(=O)OC[C@H](COP(=O)(O)OCC[N+](C)(C)C)OC(=O)CCCCC/C=C\C/C=C\C/C=C\C/C=C\CCCCC. The van der Waals surface area contributed by atoms with Gasteiger partial charge < -0.3 is 29.1 Å². The van der Waals surface area contributed by atoms with Gasteiger partial charge in [0.1, 0.15) is 19.8 Å². The number of phosphoric acid groups is 1. The molecule has 0 fully saturated rings. The number of allylic oxidation sites excluding steroid dienone is 16. The lowest BCUT2D eigenvalue weighted by molar-refractivity contribution is -0.870. The summed E-state index contributed by atoms with van der Waals surface area (Å²) in [6, 6.07) is 0. The second-order valence-electron chi connectivity index (χ2n) is 16.5. The van der Waals surface area contributed by atoms with Crippen LogP contribution >= 0.6 is 7.82 Å². The van der Waals surface area contributed by atoms with Gasteiger partial charge in [0.15, 0.2) is 6.10 Å². The fraction of sp³-hybridized carbons (Fsp3) is 0.577. The molecule has 0 saturated carbocycles. The molecule has 0 aromatic carbocycles. The number of carbonyl (C=O) groups is 2. The zero-order chi connectivity index (χ0) is 47.4. The minimum absolute atomic E-state index is 0.0119. The number of phosphoric ester groups is 1. The van der Waals surface area contributed by atoms with Crippen molar-refractivity contribution in [3.63, 3.8) is 0 Å². The highest BCUT2D eigenvalue weighted by Gasteiger charge is 2.27. The lowest BCUT2D eigenvalue weighted by atomic mass is 10.1. The zero-order valence-corrected chi connectivity index (χ0v) is 40.8. The number of likely N-dealkylation sites (N-methyl/N-ethyl adjacent to an activating group) is 1. The Bertz CT molecular complexity index is 1530. The van der Waals surface area contributed by atoms with Gasteiger partial charge in [-0.2, -0.15) is 0 Å². The van der Waals surface area contributed by atoms with Gasteiger partial charge in [-0.1, -0.05) is 155 Å². The Hall–Kier alpha value is -3.67. The molecule has 0 aromatic heterocycles. The second kappa shape index (κ2) is 42.0. The molecule has 1 unspecified atom stereocenters. The Kier molecular flexibility index (Phi) is 39.6. The normalized spacial score (nSPS) is 15.6. The van der Waals surface area contributed by atoms with Gasteiger partial charge in [-0.05, 0) is 83.5 Å². The van der Waals surface area contributed by atoms with Crippen LogP contribution in [-0.4, -0.2) is 97.3 Å². The van der Waals surface area contributed by atoms with Gasteiger partial charge in [0.05, 0.1) is 40.0 Å². The number of esters is 2. The van der Waals surface area contributed by atoms with Crippen molar-refractivity contribution >= 4 is 19.8 Å². The van der Waals surface area contributed by atoms with Crippen LogP contribution in [0.15, 0.2) is 122 Å². The van der Waals surface area contributed by atoms with Crippen molar-refractivity contribution < 1.29 is 52.3 Å². The van der Waals surface area contributed by atoms with Crippen LogP contribution in [0.2, 0.25) is 0 Å². The Morgan fingerprint density at radius 1 is 0.578 bits per heavy atom. The molecule has 4 atom stereocenters. The summed E-state index contributed by atoms with van der Waals surface area (Å²) in [4.78, 5) is 35.4. The molecule has 0 radical (unpaired) electrons. The number of quaternary nitrogens is 1. The molecule has 11 nitrogen and oxygen atoms in total. The predicted octanol–water partition coefficient (Wildman–Crippen LogP) is 11.6. The van der Waals surface area contributed by atoms with Crippen LogP contribution in [0.25, 0.3) is 0 Å². The Balaban J connectivity index is 4.64. The highest BCUT2D eigenvalue weighted by atomic mass is 31.2. The van der Waals surface area contributed by atoms with E-state index < -0.39 is 44.7 Å². The molecule has 0 aromatic rings. The second-order valence-corrected chi connectivity index (χ2v) is 17.9. The highest BCUT2D eigenvalue weighted by molar-refractivity contribution is 7.47. The van der Waals surface area contributed by atoms with E-state index in [0.29, 0.717) is 43.1 Å². The van der Waals surface area contributed by atoms with Crippen molar-refractivity contribution in [3.05, 3.63) is 122 Å². The molecule has 362 valence electrons. The third kappa shape index (κ3) is 44.9. The van der Waals surface area contributed by atoms with Gasteiger partial charge in [0.25, 0.3) is 0 Å². The number of ether oxygens (including phenoxy) is 2. The number of hydrogen-bond donors (Lipinski definition) is 3. The summed E-state index contributed by atoms with van der Waals surface area (Å²) in [5.41, 5.74) is 0. The minimum atomic E-state index is -4.44. The molecule has 0 aliphatic carbocycles.